The molecule has 0 spiro atoms. The van der Waals surface area contributed by atoms with Crippen molar-refractivity contribution in [1.29, 1.82) is 0 Å². The van der Waals surface area contributed by atoms with E-state index >= 15 is 0 Å². The maximum absolute atomic E-state index is 8.95. The molecule has 1 aromatic carbocycles. The van der Waals surface area contributed by atoms with Gasteiger partial charge in [0.05, 0.1) is 13.2 Å². The van der Waals surface area contributed by atoms with Gasteiger partial charge in [-0.25, -0.2) is 0 Å². The van der Waals surface area contributed by atoms with E-state index in [0.29, 0.717) is 6.61 Å². The average molecular weight is 229 g/mol. The molecule has 12 heavy (non-hydrogen) atoms. The van der Waals surface area contributed by atoms with Crippen molar-refractivity contribution in [3.8, 4) is 0 Å². The van der Waals surface area contributed by atoms with E-state index in [1.807, 2.05) is 18.2 Å². The summed E-state index contributed by atoms with van der Waals surface area (Å²) in [6.07, 6.45) is -0.118. The van der Waals surface area contributed by atoms with Crippen molar-refractivity contribution >= 4 is 15.9 Å². The highest BCUT2D eigenvalue weighted by Crippen LogP contribution is 2.31. The zero-order valence-electron chi connectivity index (χ0n) is 6.46. The Kier molecular flexibility index (Phi) is 2.17. The maximum Gasteiger partial charge on any atom is 0.106 e. The number of benzene rings is 1. The third kappa shape index (κ3) is 1.28. The van der Waals surface area contributed by atoms with Gasteiger partial charge in [-0.15, -0.1) is 0 Å². The molecule has 3 heteroatoms. The molecule has 64 valence electrons. The Morgan fingerprint density at radius 3 is 3.17 bits per heavy atom. The number of hydrogen-bond acceptors (Lipinski definition) is 2. The normalized spacial score (nSPS) is 21.0. The summed E-state index contributed by atoms with van der Waals surface area (Å²) >= 11 is 3.39. The second kappa shape index (κ2) is 3.17. The molecule has 1 aliphatic rings. The highest BCUT2D eigenvalue weighted by Gasteiger charge is 2.21. The molecule has 0 bridgehead atoms. The molecule has 0 radical (unpaired) electrons. The molecule has 0 saturated carbocycles. The third-order valence-corrected chi connectivity index (χ3v) is 2.55. The summed E-state index contributed by atoms with van der Waals surface area (Å²) in [6, 6.07) is 5.99. The van der Waals surface area contributed by atoms with E-state index in [0.717, 1.165) is 10.0 Å². The molecule has 2 rings (SSSR count). The van der Waals surface area contributed by atoms with Gasteiger partial charge in [0, 0.05) is 4.47 Å². The van der Waals surface area contributed by atoms with Gasteiger partial charge in [-0.05, 0) is 23.3 Å². The zero-order valence-corrected chi connectivity index (χ0v) is 8.04. The molecule has 1 N–H and O–H groups in total. The van der Waals surface area contributed by atoms with Gasteiger partial charge in [-0.3, -0.25) is 0 Å². The smallest absolute Gasteiger partial charge is 0.106 e. The van der Waals surface area contributed by atoms with E-state index < -0.39 is 0 Å². The largest absolute Gasteiger partial charge is 0.393 e. The monoisotopic (exact) mass is 228 g/mol. The average Bonchev–Trinajstić information content (AvgIpc) is 2.46. The molecule has 0 fully saturated rings. The summed E-state index contributed by atoms with van der Waals surface area (Å²) in [6.45, 7) is 0.675. The Bertz CT molecular complexity index is 299. The second-order valence-corrected chi connectivity index (χ2v) is 3.74. The fourth-order valence-electron chi connectivity index (χ4n) is 1.44. The minimum Gasteiger partial charge on any atom is -0.393 e. The number of ether oxygens (including phenoxy) is 1. The second-order valence-electron chi connectivity index (χ2n) is 2.83. The van der Waals surface area contributed by atoms with Crippen LogP contribution in [0.25, 0.3) is 0 Å². The van der Waals surface area contributed by atoms with Gasteiger partial charge in [-0.1, -0.05) is 22.0 Å². The zero-order chi connectivity index (χ0) is 8.55. The van der Waals surface area contributed by atoms with Crippen molar-refractivity contribution in [1.82, 2.24) is 0 Å². The Labute approximate surface area is 79.3 Å². The van der Waals surface area contributed by atoms with Crippen LogP contribution in [0.1, 0.15) is 17.2 Å². The van der Waals surface area contributed by atoms with Gasteiger partial charge >= 0.3 is 0 Å². The van der Waals surface area contributed by atoms with E-state index in [1.165, 1.54) is 5.56 Å². The molecule has 1 heterocycles. The van der Waals surface area contributed by atoms with Gasteiger partial charge in [0.15, 0.2) is 0 Å². The molecule has 0 unspecified atom stereocenters. The number of halogens is 1. The number of rotatable bonds is 1. The molecule has 1 aromatic rings. The van der Waals surface area contributed by atoms with Crippen LogP contribution in [0, 0.1) is 0 Å². The first-order chi connectivity index (χ1) is 5.81. The van der Waals surface area contributed by atoms with Crippen LogP contribution in [0.5, 0.6) is 0 Å². The van der Waals surface area contributed by atoms with Crippen molar-refractivity contribution in [3.63, 3.8) is 0 Å². The van der Waals surface area contributed by atoms with E-state index in [1.54, 1.807) is 0 Å². The minimum atomic E-state index is -0.118. The summed E-state index contributed by atoms with van der Waals surface area (Å²) in [5.74, 6) is 0. The minimum absolute atomic E-state index is 0.0641. The lowest BCUT2D eigenvalue weighted by Crippen LogP contribution is -2.00. The topological polar surface area (TPSA) is 29.5 Å². The Balaban J connectivity index is 2.40. The summed E-state index contributed by atoms with van der Waals surface area (Å²) in [4.78, 5) is 0. The van der Waals surface area contributed by atoms with Crippen LogP contribution in [0.15, 0.2) is 22.7 Å². The summed E-state index contributed by atoms with van der Waals surface area (Å²) in [7, 11) is 0. The van der Waals surface area contributed by atoms with Crippen LogP contribution in [0.2, 0.25) is 0 Å². The summed E-state index contributed by atoms with van der Waals surface area (Å²) in [5.41, 5.74) is 2.28. The van der Waals surface area contributed by atoms with Crippen molar-refractivity contribution < 1.29 is 9.84 Å². The lowest BCUT2D eigenvalue weighted by Gasteiger charge is -2.05. The molecule has 0 saturated heterocycles. The molecule has 0 aliphatic carbocycles. The Hall–Kier alpha value is -0.380. The van der Waals surface area contributed by atoms with E-state index in [-0.39, 0.29) is 12.7 Å². The van der Waals surface area contributed by atoms with Gasteiger partial charge < -0.3 is 9.84 Å². The molecule has 1 aliphatic heterocycles. The number of aliphatic hydroxyl groups excluding tert-OH is 1. The van der Waals surface area contributed by atoms with Crippen LogP contribution in [0.3, 0.4) is 0 Å². The van der Waals surface area contributed by atoms with Gasteiger partial charge in [0.1, 0.15) is 6.10 Å². The highest BCUT2D eigenvalue weighted by molar-refractivity contribution is 9.10. The molecule has 0 amide bonds. The van der Waals surface area contributed by atoms with E-state index in [9.17, 15) is 0 Å². The molecule has 0 aromatic heterocycles. The Morgan fingerprint density at radius 2 is 2.42 bits per heavy atom. The van der Waals surface area contributed by atoms with Crippen molar-refractivity contribution in [3.05, 3.63) is 33.8 Å². The van der Waals surface area contributed by atoms with Gasteiger partial charge in [0.25, 0.3) is 0 Å². The molecular weight excluding hydrogens is 220 g/mol. The van der Waals surface area contributed by atoms with Gasteiger partial charge in [0.2, 0.25) is 0 Å². The van der Waals surface area contributed by atoms with E-state index in [2.05, 4.69) is 15.9 Å². The first-order valence-corrected chi connectivity index (χ1v) is 4.61. The van der Waals surface area contributed by atoms with E-state index in [4.69, 9.17) is 9.84 Å². The maximum atomic E-state index is 8.95. The predicted molar refractivity (Wildman–Crippen MR) is 48.8 cm³/mol. The first-order valence-electron chi connectivity index (χ1n) is 3.82. The molecular formula is C9H9BrO2. The van der Waals surface area contributed by atoms with Crippen LogP contribution in [-0.4, -0.2) is 11.7 Å². The standard InChI is InChI=1S/C9H9BrO2/c10-7-1-2-8-6(3-7)5-12-9(8)4-11/h1-3,9,11H,4-5H2/t9-/m0/s1. The number of hydrogen-bond donors (Lipinski definition) is 1. The van der Waals surface area contributed by atoms with Crippen LogP contribution in [0.4, 0.5) is 0 Å². The Morgan fingerprint density at radius 1 is 1.58 bits per heavy atom. The van der Waals surface area contributed by atoms with Crippen molar-refractivity contribution in [2.75, 3.05) is 6.61 Å². The lowest BCUT2D eigenvalue weighted by molar-refractivity contribution is 0.0234. The lowest BCUT2D eigenvalue weighted by atomic mass is 10.1. The number of aliphatic hydroxyl groups is 1. The third-order valence-electron chi connectivity index (χ3n) is 2.06. The summed E-state index contributed by atoms with van der Waals surface area (Å²) < 4.78 is 6.42. The fourth-order valence-corrected chi connectivity index (χ4v) is 1.85. The van der Waals surface area contributed by atoms with Crippen LogP contribution >= 0.6 is 15.9 Å². The van der Waals surface area contributed by atoms with Crippen molar-refractivity contribution in [2.45, 2.75) is 12.7 Å². The number of fused-ring (bicyclic) bond motifs is 1. The SMILES string of the molecule is OC[C@@H]1OCc2cc(Br)ccc21. The van der Waals surface area contributed by atoms with Crippen LogP contribution < -0.4 is 0 Å². The molecule has 2 nitrogen and oxygen atoms in total. The quantitative estimate of drug-likeness (QED) is 0.798. The summed E-state index contributed by atoms with van der Waals surface area (Å²) in [5, 5.41) is 8.95. The fraction of sp³-hybridized carbons (Fsp3) is 0.333. The highest BCUT2D eigenvalue weighted by atomic mass is 79.9. The van der Waals surface area contributed by atoms with Crippen molar-refractivity contribution in [2.24, 2.45) is 0 Å². The molecule has 1 atom stereocenters. The first kappa shape index (κ1) is 8.23. The van der Waals surface area contributed by atoms with Crippen LogP contribution in [-0.2, 0) is 11.3 Å². The van der Waals surface area contributed by atoms with Gasteiger partial charge in [-0.2, -0.15) is 0 Å². The predicted octanol–water partition coefficient (Wildman–Crippen LogP) is 2.01.